The van der Waals surface area contributed by atoms with Crippen LogP contribution in [0.2, 0.25) is 0 Å². The summed E-state index contributed by atoms with van der Waals surface area (Å²) in [6, 6.07) is 9.84. The first-order valence-corrected chi connectivity index (χ1v) is 6.30. The Labute approximate surface area is 108 Å². The summed E-state index contributed by atoms with van der Waals surface area (Å²) >= 11 is 5.40. The van der Waals surface area contributed by atoms with Gasteiger partial charge >= 0.3 is 0 Å². The predicted octanol–water partition coefficient (Wildman–Crippen LogP) is 4.10. The molecule has 1 nitrogen and oxygen atoms in total. The second kappa shape index (κ2) is 5.78. The van der Waals surface area contributed by atoms with E-state index in [1.807, 2.05) is 30.3 Å². The molecule has 0 spiro atoms. The van der Waals surface area contributed by atoms with Gasteiger partial charge in [0.1, 0.15) is 12.4 Å². The maximum absolute atomic E-state index is 5.70. The summed E-state index contributed by atoms with van der Waals surface area (Å²) < 4.78 is 5.70. The third kappa shape index (κ3) is 3.27. The van der Waals surface area contributed by atoms with E-state index in [-0.39, 0.29) is 0 Å². The molecule has 0 unspecified atom stereocenters. The van der Waals surface area contributed by atoms with Crippen molar-refractivity contribution in [2.75, 3.05) is 6.61 Å². The second-order valence-electron chi connectivity index (χ2n) is 4.07. The van der Waals surface area contributed by atoms with E-state index in [9.17, 15) is 0 Å². The number of hydrogen-bond acceptors (Lipinski definition) is 2. The van der Waals surface area contributed by atoms with Crippen molar-refractivity contribution in [3.63, 3.8) is 0 Å². The zero-order chi connectivity index (χ0) is 12.1. The van der Waals surface area contributed by atoms with Gasteiger partial charge in [0.25, 0.3) is 0 Å². The van der Waals surface area contributed by atoms with Crippen molar-refractivity contribution in [1.29, 1.82) is 0 Å². The Kier molecular flexibility index (Phi) is 4.10. The Bertz CT molecular complexity index is 457. The maximum Gasteiger partial charge on any atom is 0.119 e. The fourth-order valence-corrected chi connectivity index (χ4v) is 2.05. The highest BCUT2D eigenvalue weighted by Gasteiger charge is 2.11. The number of para-hydroxylation sites is 1. The quantitative estimate of drug-likeness (QED) is 0.737. The molecule has 17 heavy (non-hydrogen) atoms. The van der Waals surface area contributed by atoms with Gasteiger partial charge in [0.15, 0.2) is 0 Å². The summed E-state index contributed by atoms with van der Waals surface area (Å²) in [4.78, 5) is 1.01. The lowest BCUT2D eigenvalue weighted by atomic mass is 9.97. The summed E-state index contributed by atoms with van der Waals surface area (Å²) in [5.74, 6) is 0.890. The lowest BCUT2D eigenvalue weighted by molar-refractivity contribution is 0.357. The third-order valence-electron chi connectivity index (χ3n) is 2.86. The normalized spacial score (nSPS) is 15.2. The molecule has 0 saturated carbocycles. The number of rotatable bonds is 4. The molecule has 0 aromatic heterocycles. The van der Waals surface area contributed by atoms with Crippen LogP contribution in [0.25, 0.3) is 0 Å². The smallest absolute Gasteiger partial charge is 0.119 e. The van der Waals surface area contributed by atoms with E-state index in [0.29, 0.717) is 6.61 Å². The van der Waals surface area contributed by atoms with Crippen molar-refractivity contribution < 1.29 is 4.74 Å². The Morgan fingerprint density at radius 3 is 2.59 bits per heavy atom. The largest absolute Gasteiger partial charge is 0.489 e. The minimum atomic E-state index is 0.566. The Morgan fingerprint density at radius 2 is 1.94 bits per heavy atom. The summed E-state index contributed by atoms with van der Waals surface area (Å²) in [6.07, 6.45) is 6.24. The van der Waals surface area contributed by atoms with Gasteiger partial charge in [0.05, 0.1) is 0 Å². The fourth-order valence-electron chi connectivity index (χ4n) is 1.74. The highest BCUT2D eigenvalue weighted by Crippen LogP contribution is 2.20. The van der Waals surface area contributed by atoms with Crippen LogP contribution in [-0.4, -0.2) is 11.5 Å². The van der Waals surface area contributed by atoms with Crippen LogP contribution in [0.3, 0.4) is 0 Å². The predicted molar refractivity (Wildman–Crippen MR) is 75.6 cm³/mol. The van der Waals surface area contributed by atoms with Gasteiger partial charge in [-0.15, -0.1) is 0 Å². The van der Waals surface area contributed by atoms with Crippen molar-refractivity contribution in [1.82, 2.24) is 0 Å². The minimum Gasteiger partial charge on any atom is -0.489 e. The Hall–Kier alpha value is -1.41. The van der Waals surface area contributed by atoms with E-state index >= 15 is 0 Å². The molecule has 0 bridgehead atoms. The molecular formula is C15H16OS. The number of thiocarbonyl (C=S) groups is 1. The van der Waals surface area contributed by atoms with Gasteiger partial charge in [-0.05, 0) is 18.6 Å². The van der Waals surface area contributed by atoms with Crippen LogP contribution in [0.5, 0.6) is 5.75 Å². The standard InChI is InChI=1S/C15H16OS/c1-2-12-8-9-13(15(17)10-12)11-16-14-6-4-3-5-7-14/h3-9H,2,10-11H2,1H3. The SMILES string of the molecule is CCC1=CC=C(COc2ccccc2)C(=S)C1. The molecule has 0 heterocycles. The average molecular weight is 244 g/mol. The summed E-state index contributed by atoms with van der Waals surface area (Å²) in [6.45, 7) is 2.73. The summed E-state index contributed by atoms with van der Waals surface area (Å²) in [5.41, 5.74) is 2.53. The van der Waals surface area contributed by atoms with Gasteiger partial charge in [-0.1, -0.05) is 55.1 Å². The van der Waals surface area contributed by atoms with Crippen LogP contribution in [0, 0.1) is 0 Å². The minimum absolute atomic E-state index is 0.566. The maximum atomic E-state index is 5.70. The first-order chi connectivity index (χ1) is 8.29. The molecular weight excluding hydrogens is 228 g/mol. The van der Waals surface area contributed by atoms with E-state index < -0.39 is 0 Å². The Morgan fingerprint density at radius 1 is 1.18 bits per heavy atom. The molecule has 1 aliphatic carbocycles. The van der Waals surface area contributed by atoms with Gasteiger partial charge in [-0.25, -0.2) is 0 Å². The molecule has 0 atom stereocenters. The fraction of sp³-hybridized carbons (Fsp3) is 0.267. The number of benzene rings is 1. The highest BCUT2D eigenvalue weighted by molar-refractivity contribution is 7.80. The number of allylic oxidation sites excluding steroid dienone is 3. The molecule has 0 aliphatic heterocycles. The van der Waals surface area contributed by atoms with Crippen LogP contribution in [-0.2, 0) is 0 Å². The molecule has 0 N–H and O–H groups in total. The third-order valence-corrected chi connectivity index (χ3v) is 3.26. The molecule has 0 amide bonds. The Balaban J connectivity index is 1.98. The van der Waals surface area contributed by atoms with Gasteiger partial charge in [0.2, 0.25) is 0 Å². The van der Waals surface area contributed by atoms with E-state index in [1.54, 1.807) is 0 Å². The lowest BCUT2D eigenvalue weighted by Crippen LogP contribution is -2.12. The molecule has 1 aromatic carbocycles. The molecule has 1 aliphatic rings. The van der Waals surface area contributed by atoms with E-state index in [4.69, 9.17) is 17.0 Å². The molecule has 0 radical (unpaired) electrons. The highest BCUT2D eigenvalue weighted by atomic mass is 32.1. The van der Waals surface area contributed by atoms with E-state index in [2.05, 4.69) is 19.1 Å². The number of hydrogen-bond donors (Lipinski definition) is 0. The van der Waals surface area contributed by atoms with Crippen LogP contribution in [0.4, 0.5) is 0 Å². The first kappa shape index (κ1) is 12.1. The van der Waals surface area contributed by atoms with Gasteiger partial charge < -0.3 is 4.74 Å². The molecule has 2 heteroatoms. The average Bonchev–Trinajstić information content (AvgIpc) is 2.38. The van der Waals surface area contributed by atoms with Crippen LogP contribution < -0.4 is 4.74 Å². The van der Waals surface area contributed by atoms with Gasteiger partial charge in [-0.2, -0.15) is 0 Å². The van der Waals surface area contributed by atoms with E-state index in [1.165, 1.54) is 5.57 Å². The first-order valence-electron chi connectivity index (χ1n) is 5.89. The molecule has 1 aromatic rings. The summed E-state index contributed by atoms with van der Waals surface area (Å²) in [7, 11) is 0. The molecule has 0 saturated heterocycles. The van der Waals surface area contributed by atoms with Crippen molar-refractivity contribution in [3.05, 3.63) is 53.6 Å². The zero-order valence-corrected chi connectivity index (χ0v) is 10.8. The van der Waals surface area contributed by atoms with Crippen molar-refractivity contribution >= 4 is 17.1 Å². The van der Waals surface area contributed by atoms with Crippen molar-refractivity contribution in [3.8, 4) is 5.75 Å². The number of ether oxygens (including phenoxy) is 1. The summed E-state index contributed by atoms with van der Waals surface area (Å²) in [5, 5.41) is 0. The van der Waals surface area contributed by atoms with Crippen molar-refractivity contribution in [2.24, 2.45) is 0 Å². The van der Waals surface area contributed by atoms with Gasteiger partial charge in [-0.3, -0.25) is 0 Å². The van der Waals surface area contributed by atoms with Crippen LogP contribution in [0.1, 0.15) is 19.8 Å². The van der Waals surface area contributed by atoms with Gasteiger partial charge in [0, 0.05) is 16.9 Å². The molecule has 2 rings (SSSR count). The monoisotopic (exact) mass is 244 g/mol. The topological polar surface area (TPSA) is 9.23 Å². The van der Waals surface area contributed by atoms with Crippen LogP contribution >= 0.6 is 12.2 Å². The van der Waals surface area contributed by atoms with Crippen molar-refractivity contribution in [2.45, 2.75) is 19.8 Å². The lowest BCUT2D eigenvalue weighted by Gasteiger charge is -2.15. The second-order valence-corrected chi connectivity index (χ2v) is 4.56. The van der Waals surface area contributed by atoms with E-state index in [0.717, 1.165) is 29.0 Å². The zero-order valence-electron chi connectivity index (χ0n) is 9.98. The van der Waals surface area contributed by atoms with Crippen LogP contribution in [0.15, 0.2) is 53.6 Å². The molecule has 0 fully saturated rings. The molecule has 88 valence electrons.